The maximum atomic E-state index is 2.51. The van der Waals surface area contributed by atoms with Gasteiger partial charge in [0.05, 0.1) is 22.7 Å². The van der Waals surface area contributed by atoms with Crippen molar-refractivity contribution in [1.29, 1.82) is 0 Å². The van der Waals surface area contributed by atoms with Gasteiger partial charge in [-0.3, -0.25) is 0 Å². The van der Waals surface area contributed by atoms with Gasteiger partial charge in [-0.1, -0.05) is 181 Å². The topological polar surface area (TPSA) is 6.48 Å². The van der Waals surface area contributed by atoms with E-state index in [-0.39, 0.29) is 0 Å². The van der Waals surface area contributed by atoms with Gasteiger partial charge in [-0.2, -0.15) is 0 Å². The van der Waals surface area contributed by atoms with E-state index in [2.05, 4.69) is 256 Å². The van der Waals surface area contributed by atoms with Gasteiger partial charge in [0, 0.05) is 43.7 Å². The fourth-order valence-corrected chi connectivity index (χ4v) is 10.4. The Hall–Kier alpha value is -8.20. The molecule has 0 N–H and O–H groups in total. The van der Waals surface area contributed by atoms with Crippen LogP contribution in [0.1, 0.15) is 22.3 Å². The summed E-state index contributed by atoms with van der Waals surface area (Å²) in [7, 11) is 0. The zero-order chi connectivity index (χ0) is 44.5. The first-order chi connectivity index (χ1) is 32.4. The van der Waals surface area contributed by atoms with Crippen molar-refractivity contribution in [2.24, 2.45) is 0 Å². The Morgan fingerprint density at radius 2 is 0.636 bits per heavy atom. The van der Waals surface area contributed by atoms with E-state index in [4.69, 9.17) is 0 Å². The Morgan fingerprint density at radius 3 is 1.06 bits per heavy atom. The summed E-state index contributed by atoms with van der Waals surface area (Å²) in [5, 5.41) is 12.2. The van der Waals surface area contributed by atoms with Crippen LogP contribution in [0.15, 0.2) is 218 Å². The van der Waals surface area contributed by atoms with E-state index in [0.29, 0.717) is 0 Å². The van der Waals surface area contributed by atoms with E-state index >= 15 is 0 Å². The minimum atomic E-state index is 1.12. The number of aryl methyl sites for hydroxylation is 4. The zero-order valence-electron chi connectivity index (χ0n) is 37.7. The molecule has 0 amide bonds. The minimum absolute atomic E-state index is 1.12. The molecule has 0 aliphatic rings. The van der Waals surface area contributed by atoms with Gasteiger partial charge >= 0.3 is 0 Å². The maximum Gasteiger partial charge on any atom is 0.0547 e. The van der Waals surface area contributed by atoms with Crippen molar-refractivity contribution in [3.63, 3.8) is 0 Å². The number of fused-ring (bicyclic) bond motifs is 2. The fourth-order valence-electron chi connectivity index (χ4n) is 10.4. The molecule has 0 fully saturated rings. The van der Waals surface area contributed by atoms with Crippen LogP contribution < -0.4 is 9.80 Å². The first-order valence-electron chi connectivity index (χ1n) is 23.0. The fraction of sp³-hybridized carbons (Fsp3) is 0.0625. The Balaban J connectivity index is 1.27. The highest BCUT2D eigenvalue weighted by molar-refractivity contribution is 6.32. The average molecular weight is 845 g/mol. The Bertz CT molecular complexity index is 3540. The van der Waals surface area contributed by atoms with E-state index in [1.165, 1.54) is 98.4 Å². The van der Waals surface area contributed by atoms with Gasteiger partial charge in [0.15, 0.2) is 0 Å². The van der Waals surface area contributed by atoms with Gasteiger partial charge in [0.1, 0.15) is 0 Å². The quantitative estimate of drug-likeness (QED) is 0.141. The van der Waals surface area contributed by atoms with Crippen LogP contribution in [0.3, 0.4) is 0 Å². The Morgan fingerprint density at radius 1 is 0.258 bits per heavy atom. The van der Waals surface area contributed by atoms with Crippen LogP contribution in [0, 0.1) is 27.7 Å². The molecule has 0 radical (unpaired) electrons. The van der Waals surface area contributed by atoms with Crippen LogP contribution in [0.4, 0.5) is 34.1 Å². The largest absolute Gasteiger partial charge is 0.309 e. The summed E-state index contributed by atoms with van der Waals surface area (Å²) in [5.41, 5.74) is 16.5. The second kappa shape index (κ2) is 15.8. The van der Waals surface area contributed by atoms with Gasteiger partial charge in [0.25, 0.3) is 0 Å². The molecular formula is C64H48N2. The van der Waals surface area contributed by atoms with Crippen molar-refractivity contribution in [3.05, 3.63) is 241 Å². The van der Waals surface area contributed by atoms with Gasteiger partial charge in [-0.05, 0) is 131 Å². The predicted molar refractivity (Wildman–Crippen MR) is 284 cm³/mol. The number of nitrogens with zero attached hydrogens (tertiary/aromatic N) is 2. The SMILES string of the molecule is Cc1ccc(-c2cc(N(c3cccc(C)c3)c3cccc4ccccc34)c3ccc4c(-c5ccc(C)cc5)cc(N(c5cccc(C)c5)c5cccc6ccccc56)c5ccc2c3c45)cc1. The van der Waals surface area contributed by atoms with E-state index in [1.807, 2.05) is 0 Å². The third-order valence-corrected chi connectivity index (χ3v) is 13.6. The summed E-state index contributed by atoms with van der Waals surface area (Å²) in [6.07, 6.45) is 0. The maximum absolute atomic E-state index is 2.51. The summed E-state index contributed by atoms with van der Waals surface area (Å²) in [4.78, 5) is 5.02. The van der Waals surface area contributed by atoms with E-state index in [9.17, 15) is 0 Å². The third-order valence-electron chi connectivity index (χ3n) is 13.6. The van der Waals surface area contributed by atoms with Crippen LogP contribution >= 0.6 is 0 Å². The summed E-state index contributed by atoms with van der Waals surface area (Å²) < 4.78 is 0. The van der Waals surface area contributed by atoms with Crippen molar-refractivity contribution in [1.82, 2.24) is 0 Å². The molecule has 0 aromatic heterocycles. The summed E-state index contributed by atoms with van der Waals surface area (Å²) in [6.45, 7) is 8.72. The highest BCUT2D eigenvalue weighted by Crippen LogP contribution is 2.53. The summed E-state index contributed by atoms with van der Waals surface area (Å²) >= 11 is 0. The number of rotatable bonds is 8. The molecule has 0 saturated heterocycles. The Labute approximate surface area is 386 Å². The average Bonchev–Trinajstić information content (AvgIpc) is 3.34. The molecule has 0 unspecified atom stereocenters. The molecule has 314 valence electrons. The number of hydrogen-bond acceptors (Lipinski definition) is 2. The molecule has 12 aromatic rings. The molecule has 2 nitrogen and oxygen atoms in total. The molecule has 0 saturated carbocycles. The molecule has 0 heterocycles. The van der Waals surface area contributed by atoms with Crippen molar-refractivity contribution >= 4 is 88.0 Å². The summed E-state index contributed by atoms with van der Waals surface area (Å²) in [5.74, 6) is 0. The van der Waals surface area contributed by atoms with E-state index < -0.39 is 0 Å². The molecule has 0 spiro atoms. The second-order valence-corrected chi connectivity index (χ2v) is 18.0. The van der Waals surface area contributed by atoms with Crippen LogP contribution in [0.25, 0.3) is 76.1 Å². The minimum Gasteiger partial charge on any atom is -0.309 e. The first-order valence-corrected chi connectivity index (χ1v) is 23.0. The highest BCUT2D eigenvalue weighted by atomic mass is 15.2. The molecule has 0 aliphatic heterocycles. The monoisotopic (exact) mass is 844 g/mol. The van der Waals surface area contributed by atoms with Gasteiger partial charge in [-0.25, -0.2) is 0 Å². The number of benzene rings is 12. The lowest BCUT2D eigenvalue weighted by atomic mass is 9.85. The first kappa shape index (κ1) is 39.4. The van der Waals surface area contributed by atoms with Crippen molar-refractivity contribution < 1.29 is 0 Å². The normalized spacial score (nSPS) is 11.6. The van der Waals surface area contributed by atoms with Crippen molar-refractivity contribution in [3.8, 4) is 22.3 Å². The lowest BCUT2D eigenvalue weighted by Gasteiger charge is -2.32. The van der Waals surface area contributed by atoms with Crippen LogP contribution in [-0.4, -0.2) is 0 Å². The van der Waals surface area contributed by atoms with E-state index in [0.717, 1.165) is 34.1 Å². The lowest BCUT2D eigenvalue weighted by Crippen LogP contribution is -2.13. The molecule has 0 aliphatic carbocycles. The number of anilines is 6. The van der Waals surface area contributed by atoms with Crippen molar-refractivity contribution in [2.75, 3.05) is 9.80 Å². The standard InChI is InChI=1S/C64H48N2/c1-41-25-29-47(30-26-41)57-39-61(65(49-19-9-13-43(3)37-49)59-23-11-17-45-15-5-7-21-51(45)59)55-36-34-54-58(48-31-27-42(2)28-32-48)40-62(56-35-33-53(57)63(55)64(54)56)66(50-20-10-14-44(4)38-50)60-24-12-18-46-16-6-8-22-52(46)60/h5-40H,1-4H3. The van der Waals surface area contributed by atoms with Gasteiger partial charge < -0.3 is 9.80 Å². The predicted octanol–water partition coefficient (Wildman–Crippen LogP) is 18.4. The van der Waals surface area contributed by atoms with Crippen molar-refractivity contribution in [2.45, 2.75) is 27.7 Å². The smallest absolute Gasteiger partial charge is 0.0547 e. The lowest BCUT2D eigenvalue weighted by molar-refractivity contribution is 1.29. The molecule has 12 rings (SSSR count). The molecule has 0 bridgehead atoms. The highest BCUT2D eigenvalue weighted by Gasteiger charge is 2.27. The molecule has 0 atom stereocenters. The number of hydrogen-bond donors (Lipinski definition) is 0. The van der Waals surface area contributed by atoms with Gasteiger partial charge in [0.2, 0.25) is 0 Å². The molecule has 12 aromatic carbocycles. The van der Waals surface area contributed by atoms with Crippen LogP contribution in [-0.2, 0) is 0 Å². The second-order valence-electron chi connectivity index (χ2n) is 18.0. The van der Waals surface area contributed by atoms with Gasteiger partial charge in [-0.15, -0.1) is 0 Å². The third kappa shape index (κ3) is 6.56. The molecular weight excluding hydrogens is 797 g/mol. The summed E-state index contributed by atoms with van der Waals surface area (Å²) in [6, 6.07) is 81.5. The van der Waals surface area contributed by atoms with Crippen LogP contribution in [0.5, 0.6) is 0 Å². The Kier molecular flexibility index (Phi) is 9.43. The van der Waals surface area contributed by atoms with Crippen LogP contribution in [0.2, 0.25) is 0 Å². The molecule has 66 heavy (non-hydrogen) atoms. The molecule has 2 heteroatoms. The van der Waals surface area contributed by atoms with E-state index in [1.54, 1.807) is 0 Å². The zero-order valence-corrected chi connectivity index (χ0v) is 37.7.